The van der Waals surface area contributed by atoms with Crippen LogP contribution in [0.1, 0.15) is 5.56 Å². The summed E-state index contributed by atoms with van der Waals surface area (Å²) in [5, 5.41) is 0. The SMILES string of the molecule is COc1ccc(C(F)(F)CN)c(F)c1. The Kier molecular flexibility index (Phi) is 3.00. The van der Waals surface area contributed by atoms with Gasteiger partial charge < -0.3 is 10.5 Å². The summed E-state index contributed by atoms with van der Waals surface area (Å²) in [6.45, 7) is -0.920. The van der Waals surface area contributed by atoms with E-state index >= 15 is 0 Å². The average Bonchev–Trinajstić information content (AvgIpc) is 2.17. The lowest BCUT2D eigenvalue weighted by molar-refractivity contribution is 0.00234. The molecular formula is C9H10F3NO. The summed E-state index contributed by atoms with van der Waals surface area (Å²) < 4.78 is 43.7. The number of halogens is 3. The van der Waals surface area contributed by atoms with E-state index in [1.54, 1.807) is 0 Å². The molecular weight excluding hydrogens is 195 g/mol. The van der Waals surface area contributed by atoms with Gasteiger partial charge in [0.1, 0.15) is 11.6 Å². The minimum Gasteiger partial charge on any atom is -0.497 e. The molecule has 0 fully saturated rings. The van der Waals surface area contributed by atoms with Gasteiger partial charge in [0.05, 0.1) is 19.2 Å². The first kappa shape index (κ1) is 10.8. The van der Waals surface area contributed by atoms with Crippen molar-refractivity contribution in [2.45, 2.75) is 5.92 Å². The maximum atomic E-state index is 13.1. The quantitative estimate of drug-likeness (QED) is 0.817. The van der Waals surface area contributed by atoms with Crippen LogP contribution in [-0.4, -0.2) is 13.7 Å². The monoisotopic (exact) mass is 205 g/mol. The van der Waals surface area contributed by atoms with E-state index in [0.29, 0.717) is 0 Å². The topological polar surface area (TPSA) is 35.2 Å². The molecule has 0 saturated heterocycles. The molecule has 0 aliphatic carbocycles. The first-order chi connectivity index (χ1) is 6.51. The fraction of sp³-hybridized carbons (Fsp3) is 0.333. The van der Waals surface area contributed by atoms with Crippen molar-refractivity contribution in [2.75, 3.05) is 13.7 Å². The van der Waals surface area contributed by atoms with Crippen molar-refractivity contribution >= 4 is 0 Å². The first-order valence-corrected chi connectivity index (χ1v) is 3.93. The summed E-state index contributed by atoms with van der Waals surface area (Å²) in [6.07, 6.45) is 0. The predicted octanol–water partition coefficient (Wildman–Crippen LogP) is 1.88. The number of benzene rings is 1. The van der Waals surface area contributed by atoms with Gasteiger partial charge in [-0.25, -0.2) is 4.39 Å². The summed E-state index contributed by atoms with van der Waals surface area (Å²) in [7, 11) is 1.33. The molecule has 14 heavy (non-hydrogen) atoms. The van der Waals surface area contributed by atoms with Gasteiger partial charge in [-0.3, -0.25) is 0 Å². The summed E-state index contributed by atoms with van der Waals surface area (Å²) in [5.41, 5.74) is 4.12. The third-order valence-electron chi connectivity index (χ3n) is 1.83. The van der Waals surface area contributed by atoms with E-state index in [1.165, 1.54) is 13.2 Å². The molecule has 0 aromatic heterocycles. The zero-order valence-corrected chi connectivity index (χ0v) is 7.56. The number of ether oxygens (including phenoxy) is 1. The molecule has 0 aliphatic rings. The molecule has 1 rings (SSSR count). The lowest BCUT2D eigenvalue weighted by atomic mass is 10.1. The van der Waals surface area contributed by atoms with Crippen molar-refractivity contribution < 1.29 is 17.9 Å². The highest BCUT2D eigenvalue weighted by molar-refractivity contribution is 5.31. The number of alkyl halides is 2. The largest absolute Gasteiger partial charge is 0.497 e. The second-order valence-electron chi connectivity index (χ2n) is 2.75. The van der Waals surface area contributed by atoms with Crippen LogP contribution in [0.15, 0.2) is 18.2 Å². The van der Waals surface area contributed by atoms with Gasteiger partial charge in [0.25, 0.3) is 5.92 Å². The van der Waals surface area contributed by atoms with Crippen LogP contribution in [0.4, 0.5) is 13.2 Å². The third-order valence-corrected chi connectivity index (χ3v) is 1.83. The zero-order valence-electron chi connectivity index (χ0n) is 7.56. The second kappa shape index (κ2) is 3.88. The van der Waals surface area contributed by atoms with Crippen molar-refractivity contribution in [3.8, 4) is 5.75 Å². The molecule has 78 valence electrons. The van der Waals surface area contributed by atoms with E-state index in [9.17, 15) is 13.2 Å². The van der Waals surface area contributed by atoms with Crippen LogP contribution in [0.3, 0.4) is 0 Å². The van der Waals surface area contributed by atoms with Gasteiger partial charge in [0.2, 0.25) is 0 Å². The zero-order chi connectivity index (χ0) is 10.8. The number of nitrogens with two attached hydrogens (primary N) is 1. The average molecular weight is 205 g/mol. The van der Waals surface area contributed by atoms with Crippen LogP contribution in [0.5, 0.6) is 5.75 Å². The molecule has 0 bridgehead atoms. The van der Waals surface area contributed by atoms with Crippen molar-refractivity contribution in [3.05, 3.63) is 29.6 Å². The highest BCUT2D eigenvalue weighted by atomic mass is 19.3. The lowest BCUT2D eigenvalue weighted by Crippen LogP contribution is -2.26. The van der Waals surface area contributed by atoms with E-state index < -0.39 is 23.8 Å². The van der Waals surface area contributed by atoms with E-state index in [0.717, 1.165) is 12.1 Å². The Morgan fingerprint density at radius 2 is 2.07 bits per heavy atom. The minimum atomic E-state index is -3.34. The van der Waals surface area contributed by atoms with Gasteiger partial charge in [-0.2, -0.15) is 8.78 Å². The predicted molar refractivity (Wildman–Crippen MR) is 45.9 cm³/mol. The summed E-state index contributed by atoms with van der Waals surface area (Å²) in [4.78, 5) is 0. The van der Waals surface area contributed by atoms with Crippen LogP contribution < -0.4 is 10.5 Å². The van der Waals surface area contributed by atoms with Crippen molar-refractivity contribution in [1.29, 1.82) is 0 Å². The number of hydrogen-bond acceptors (Lipinski definition) is 2. The highest BCUT2D eigenvalue weighted by Gasteiger charge is 2.32. The normalized spacial score (nSPS) is 11.5. The van der Waals surface area contributed by atoms with Crippen LogP contribution >= 0.6 is 0 Å². The van der Waals surface area contributed by atoms with E-state index in [4.69, 9.17) is 5.73 Å². The Labute approximate surface area is 79.5 Å². The fourth-order valence-electron chi connectivity index (χ4n) is 1.03. The standard InChI is InChI=1S/C9H10F3NO/c1-14-6-2-3-7(8(10)4-6)9(11,12)5-13/h2-4H,5,13H2,1H3. The van der Waals surface area contributed by atoms with Crippen molar-refractivity contribution in [3.63, 3.8) is 0 Å². The van der Waals surface area contributed by atoms with Crippen LogP contribution in [-0.2, 0) is 5.92 Å². The van der Waals surface area contributed by atoms with Gasteiger partial charge in [-0.15, -0.1) is 0 Å². The Hall–Kier alpha value is -1.23. The maximum absolute atomic E-state index is 13.1. The summed E-state index contributed by atoms with van der Waals surface area (Å²) >= 11 is 0. The Morgan fingerprint density at radius 3 is 2.50 bits per heavy atom. The van der Waals surface area contributed by atoms with Crippen LogP contribution in [0, 0.1) is 5.82 Å². The molecule has 0 heterocycles. The van der Waals surface area contributed by atoms with Gasteiger partial charge in [-0.1, -0.05) is 0 Å². The van der Waals surface area contributed by atoms with Gasteiger partial charge in [0, 0.05) is 6.07 Å². The maximum Gasteiger partial charge on any atom is 0.288 e. The Bertz CT molecular complexity index is 328. The van der Waals surface area contributed by atoms with Gasteiger partial charge in [-0.05, 0) is 12.1 Å². The van der Waals surface area contributed by atoms with Crippen molar-refractivity contribution in [2.24, 2.45) is 5.73 Å². The molecule has 0 amide bonds. The van der Waals surface area contributed by atoms with E-state index in [1.807, 2.05) is 0 Å². The molecule has 2 N–H and O–H groups in total. The molecule has 0 radical (unpaired) electrons. The summed E-state index contributed by atoms with van der Waals surface area (Å²) in [6, 6.07) is 3.14. The second-order valence-corrected chi connectivity index (χ2v) is 2.75. The number of hydrogen-bond donors (Lipinski definition) is 1. The number of rotatable bonds is 3. The first-order valence-electron chi connectivity index (χ1n) is 3.93. The smallest absolute Gasteiger partial charge is 0.288 e. The Balaban J connectivity index is 3.12. The molecule has 1 aromatic rings. The molecule has 0 atom stereocenters. The van der Waals surface area contributed by atoms with Crippen LogP contribution in [0.2, 0.25) is 0 Å². The fourth-order valence-corrected chi connectivity index (χ4v) is 1.03. The molecule has 0 unspecified atom stereocenters. The molecule has 1 aromatic carbocycles. The van der Waals surface area contributed by atoms with E-state index in [-0.39, 0.29) is 5.75 Å². The number of methoxy groups -OCH3 is 1. The highest BCUT2D eigenvalue weighted by Crippen LogP contribution is 2.30. The van der Waals surface area contributed by atoms with Gasteiger partial charge >= 0.3 is 0 Å². The van der Waals surface area contributed by atoms with Gasteiger partial charge in [0.15, 0.2) is 0 Å². The van der Waals surface area contributed by atoms with E-state index in [2.05, 4.69) is 4.74 Å². The molecule has 0 saturated carbocycles. The summed E-state index contributed by atoms with van der Waals surface area (Å²) in [5.74, 6) is -4.16. The molecule has 0 spiro atoms. The Morgan fingerprint density at radius 1 is 1.43 bits per heavy atom. The van der Waals surface area contributed by atoms with Crippen LogP contribution in [0.25, 0.3) is 0 Å². The third kappa shape index (κ3) is 1.98. The minimum absolute atomic E-state index is 0.194. The van der Waals surface area contributed by atoms with Crippen molar-refractivity contribution in [1.82, 2.24) is 0 Å². The molecule has 5 heteroatoms. The molecule has 0 aliphatic heterocycles. The lowest BCUT2D eigenvalue weighted by Gasteiger charge is -2.15. The molecule has 2 nitrogen and oxygen atoms in total.